The average molecular weight is 274 g/mol. The van der Waals surface area contributed by atoms with E-state index in [4.69, 9.17) is 0 Å². The van der Waals surface area contributed by atoms with Crippen molar-refractivity contribution < 1.29 is 4.79 Å². The lowest BCUT2D eigenvalue weighted by Gasteiger charge is -2.23. The van der Waals surface area contributed by atoms with Gasteiger partial charge in [0.15, 0.2) is 0 Å². The minimum absolute atomic E-state index is 0.150. The lowest BCUT2D eigenvalue weighted by atomic mass is 9.93. The number of piperidine rings is 1. The second-order valence-electron chi connectivity index (χ2n) is 5.67. The van der Waals surface area contributed by atoms with Crippen LogP contribution in [0.4, 0.5) is 0 Å². The Morgan fingerprint density at radius 3 is 2.65 bits per heavy atom. The van der Waals surface area contributed by atoms with Gasteiger partial charge in [-0.15, -0.1) is 0 Å². The van der Waals surface area contributed by atoms with Gasteiger partial charge >= 0.3 is 0 Å². The van der Waals surface area contributed by atoms with E-state index in [0.717, 1.165) is 31.8 Å². The molecular weight excluding hydrogens is 248 g/mol. The summed E-state index contributed by atoms with van der Waals surface area (Å²) in [5.74, 6) is 0.915. The molecule has 3 nitrogen and oxygen atoms in total. The lowest BCUT2D eigenvalue weighted by Crippen LogP contribution is -2.31. The standard InChI is InChI=1S/C17H26N2O/c1-2-16(15-6-4-3-5-7-15)19-17(20)9-8-14-10-12-18-13-11-14/h3-7,14,16,18H,2,8-13H2,1H3,(H,19,20). The predicted octanol–water partition coefficient (Wildman–Crippen LogP) is 3.03. The van der Waals surface area contributed by atoms with Gasteiger partial charge in [0.25, 0.3) is 0 Å². The van der Waals surface area contributed by atoms with Crippen LogP contribution in [0.5, 0.6) is 0 Å². The summed E-state index contributed by atoms with van der Waals surface area (Å²) in [7, 11) is 0. The van der Waals surface area contributed by atoms with E-state index in [0.29, 0.717) is 6.42 Å². The second-order valence-corrected chi connectivity index (χ2v) is 5.67. The van der Waals surface area contributed by atoms with Gasteiger partial charge in [0, 0.05) is 6.42 Å². The molecule has 2 N–H and O–H groups in total. The summed E-state index contributed by atoms with van der Waals surface area (Å²) in [6.45, 7) is 4.33. The van der Waals surface area contributed by atoms with Crippen molar-refractivity contribution in [1.29, 1.82) is 0 Å². The van der Waals surface area contributed by atoms with E-state index in [1.54, 1.807) is 0 Å². The zero-order valence-electron chi connectivity index (χ0n) is 12.4. The van der Waals surface area contributed by atoms with Crippen LogP contribution in [0.25, 0.3) is 0 Å². The molecule has 1 atom stereocenters. The molecule has 0 aliphatic carbocycles. The highest BCUT2D eigenvalue weighted by Gasteiger charge is 2.16. The number of rotatable bonds is 6. The third-order valence-corrected chi connectivity index (χ3v) is 4.18. The molecule has 1 aromatic rings. The Morgan fingerprint density at radius 1 is 1.30 bits per heavy atom. The van der Waals surface area contributed by atoms with Crippen LogP contribution in [0.15, 0.2) is 30.3 Å². The van der Waals surface area contributed by atoms with Crippen molar-refractivity contribution in [3.05, 3.63) is 35.9 Å². The summed E-state index contributed by atoms with van der Waals surface area (Å²) in [6, 6.07) is 10.4. The Bertz CT molecular complexity index is 399. The Morgan fingerprint density at radius 2 is 2.00 bits per heavy atom. The summed E-state index contributed by atoms with van der Waals surface area (Å²) in [5.41, 5.74) is 1.20. The normalized spacial score (nSPS) is 17.6. The van der Waals surface area contributed by atoms with Crippen molar-refractivity contribution in [3.8, 4) is 0 Å². The van der Waals surface area contributed by atoms with E-state index < -0.39 is 0 Å². The number of carbonyl (C=O) groups excluding carboxylic acids is 1. The average Bonchev–Trinajstić information content (AvgIpc) is 2.52. The molecule has 1 aromatic carbocycles. The Hall–Kier alpha value is -1.35. The highest BCUT2D eigenvalue weighted by molar-refractivity contribution is 5.76. The predicted molar refractivity (Wildman–Crippen MR) is 82.4 cm³/mol. The molecule has 1 aliphatic rings. The third kappa shape index (κ3) is 4.64. The molecule has 0 saturated carbocycles. The lowest BCUT2D eigenvalue weighted by molar-refractivity contribution is -0.122. The largest absolute Gasteiger partial charge is 0.349 e. The molecule has 1 unspecified atom stereocenters. The van der Waals surface area contributed by atoms with Crippen molar-refractivity contribution in [2.24, 2.45) is 5.92 Å². The van der Waals surface area contributed by atoms with Crippen LogP contribution in [0, 0.1) is 5.92 Å². The van der Waals surface area contributed by atoms with Crippen LogP contribution in [0.1, 0.15) is 50.6 Å². The quantitative estimate of drug-likeness (QED) is 0.837. The molecule has 1 saturated heterocycles. The van der Waals surface area contributed by atoms with Crippen molar-refractivity contribution in [1.82, 2.24) is 10.6 Å². The number of carbonyl (C=O) groups is 1. The third-order valence-electron chi connectivity index (χ3n) is 4.18. The number of hydrogen-bond acceptors (Lipinski definition) is 2. The molecule has 0 aromatic heterocycles. The van der Waals surface area contributed by atoms with Crippen LogP contribution in [-0.4, -0.2) is 19.0 Å². The molecule has 20 heavy (non-hydrogen) atoms. The van der Waals surface area contributed by atoms with E-state index in [1.165, 1.54) is 18.4 Å². The van der Waals surface area contributed by atoms with Gasteiger partial charge < -0.3 is 10.6 Å². The van der Waals surface area contributed by atoms with Crippen molar-refractivity contribution in [2.75, 3.05) is 13.1 Å². The van der Waals surface area contributed by atoms with Crippen LogP contribution >= 0.6 is 0 Å². The molecule has 110 valence electrons. The SMILES string of the molecule is CCC(NC(=O)CCC1CCNCC1)c1ccccc1. The molecule has 0 radical (unpaired) electrons. The Labute approximate surface area is 122 Å². The molecule has 0 bridgehead atoms. The van der Waals surface area contributed by atoms with Gasteiger partial charge in [0.2, 0.25) is 5.91 Å². The first-order valence-corrected chi connectivity index (χ1v) is 7.84. The van der Waals surface area contributed by atoms with Gasteiger partial charge in [-0.1, -0.05) is 37.3 Å². The molecule has 1 amide bonds. The molecule has 2 rings (SSSR count). The molecule has 1 fully saturated rings. The molecule has 0 spiro atoms. The van der Waals surface area contributed by atoms with Gasteiger partial charge in [-0.25, -0.2) is 0 Å². The minimum Gasteiger partial charge on any atom is -0.349 e. The van der Waals surface area contributed by atoms with Crippen LogP contribution < -0.4 is 10.6 Å². The van der Waals surface area contributed by atoms with E-state index in [1.807, 2.05) is 18.2 Å². The second kappa shape index (κ2) is 8.05. The minimum atomic E-state index is 0.150. The van der Waals surface area contributed by atoms with Gasteiger partial charge in [0.05, 0.1) is 6.04 Å². The maximum absolute atomic E-state index is 12.1. The van der Waals surface area contributed by atoms with Crippen molar-refractivity contribution in [3.63, 3.8) is 0 Å². The number of hydrogen-bond donors (Lipinski definition) is 2. The zero-order valence-corrected chi connectivity index (χ0v) is 12.4. The number of nitrogens with one attached hydrogen (secondary N) is 2. The van der Waals surface area contributed by atoms with Gasteiger partial charge in [-0.3, -0.25) is 4.79 Å². The summed E-state index contributed by atoms with van der Waals surface area (Å²) in [4.78, 5) is 12.1. The van der Waals surface area contributed by atoms with Crippen molar-refractivity contribution in [2.45, 2.75) is 45.1 Å². The molecular formula is C17H26N2O. The number of benzene rings is 1. The van der Waals surface area contributed by atoms with Crippen molar-refractivity contribution >= 4 is 5.91 Å². The van der Waals surface area contributed by atoms with E-state index >= 15 is 0 Å². The monoisotopic (exact) mass is 274 g/mol. The summed E-state index contributed by atoms with van der Waals surface area (Å²) < 4.78 is 0. The smallest absolute Gasteiger partial charge is 0.220 e. The highest BCUT2D eigenvalue weighted by atomic mass is 16.1. The first-order valence-electron chi connectivity index (χ1n) is 7.84. The Balaban J connectivity index is 1.77. The Kier molecular flexibility index (Phi) is 6.06. The highest BCUT2D eigenvalue weighted by Crippen LogP contribution is 2.19. The van der Waals surface area contributed by atoms with Crippen LogP contribution in [0.2, 0.25) is 0 Å². The van der Waals surface area contributed by atoms with E-state index in [2.05, 4.69) is 29.7 Å². The fourth-order valence-corrected chi connectivity index (χ4v) is 2.88. The maximum atomic E-state index is 12.1. The molecule has 3 heteroatoms. The summed E-state index contributed by atoms with van der Waals surface area (Å²) in [5, 5.41) is 6.53. The molecule has 1 aliphatic heterocycles. The summed E-state index contributed by atoms with van der Waals surface area (Å²) >= 11 is 0. The van der Waals surface area contributed by atoms with Crippen LogP contribution in [0.3, 0.4) is 0 Å². The van der Waals surface area contributed by atoms with E-state index in [-0.39, 0.29) is 11.9 Å². The topological polar surface area (TPSA) is 41.1 Å². The fourth-order valence-electron chi connectivity index (χ4n) is 2.88. The van der Waals surface area contributed by atoms with Crippen LogP contribution in [-0.2, 0) is 4.79 Å². The number of amides is 1. The van der Waals surface area contributed by atoms with E-state index in [9.17, 15) is 4.79 Å². The first kappa shape index (κ1) is 15.0. The molecule has 1 heterocycles. The maximum Gasteiger partial charge on any atom is 0.220 e. The van der Waals surface area contributed by atoms with Gasteiger partial charge in [-0.05, 0) is 50.3 Å². The zero-order chi connectivity index (χ0) is 14.2. The van der Waals surface area contributed by atoms with Gasteiger partial charge in [0.1, 0.15) is 0 Å². The first-order chi connectivity index (χ1) is 9.79. The fraction of sp³-hybridized carbons (Fsp3) is 0.588. The van der Waals surface area contributed by atoms with Gasteiger partial charge in [-0.2, -0.15) is 0 Å². The summed E-state index contributed by atoms with van der Waals surface area (Å²) in [6.07, 6.45) is 5.04.